The molecule has 2 aliphatic heterocycles. The normalized spacial score (nSPS) is 20.4. The van der Waals surface area contributed by atoms with Gasteiger partial charge in [0.15, 0.2) is 12.1 Å². The minimum absolute atomic E-state index is 0.0388. The lowest BCUT2D eigenvalue weighted by Gasteiger charge is -2.25. The van der Waals surface area contributed by atoms with Crippen LogP contribution in [0.25, 0.3) is 0 Å². The van der Waals surface area contributed by atoms with E-state index in [2.05, 4.69) is 10.6 Å². The summed E-state index contributed by atoms with van der Waals surface area (Å²) in [6.45, 7) is 1.27. The zero-order valence-electron chi connectivity index (χ0n) is 21.7. The topological polar surface area (TPSA) is 106 Å². The van der Waals surface area contributed by atoms with Gasteiger partial charge in [-0.3, -0.25) is 14.5 Å². The highest BCUT2D eigenvalue weighted by atomic mass is 16.6. The Labute approximate surface area is 227 Å². The molecule has 0 saturated carbocycles. The van der Waals surface area contributed by atoms with Gasteiger partial charge in [-0.25, -0.2) is 4.79 Å². The summed E-state index contributed by atoms with van der Waals surface area (Å²) in [5.74, 6) is -0.0567. The fraction of sp³-hybridized carbons (Fsp3) is 0.300. The number of rotatable bonds is 9. The van der Waals surface area contributed by atoms with E-state index >= 15 is 0 Å². The molecule has 2 fully saturated rings. The Bertz CT molecular complexity index is 1330. The Kier molecular flexibility index (Phi) is 8.07. The van der Waals surface area contributed by atoms with Crippen LogP contribution in [0.1, 0.15) is 40.4 Å². The number of ether oxygens (including phenoxy) is 3. The highest BCUT2D eigenvalue weighted by Gasteiger charge is 2.47. The van der Waals surface area contributed by atoms with Crippen molar-refractivity contribution in [2.75, 3.05) is 25.6 Å². The van der Waals surface area contributed by atoms with Crippen molar-refractivity contribution in [1.82, 2.24) is 10.2 Å². The molecule has 9 heteroatoms. The van der Waals surface area contributed by atoms with Gasteiger partial charge in [0.25, 0.3) is 5.91 Å². The molecule has 2 N–H and O–H groups in total. The number of anilines is 1. The molecule has 3 atom stereocenters. The maximum Gasteiger partial charge on any atom is 0.411 e. The van der Waals surface area contributed by atoms with Gasteiger partial charge in [0.1, 0.15) is 5.75 Å². The Morgan fingerprint density at radius 1 is 1.03 bits per heavy atom. The summed E-state index contributed by atoms with van der Waals surface area (Å²) in [7, 11) is 1.54. The van der Waals surface area contributed by atoms with Crippen LogP contribution in [-0.2, 0) is 20.8 Å². The van der Waals surface area contributed by atoms with Crippen LogP contribution in [0.15, 0.2) is 78.9 Å². The summed E-state index contributed by atoms with van der Waals surface area (Å²) >= 11 is 0. The molecule has 2 heterocycles. The number of methoxy groups -OCH3 is 1. The molecule has 2 saturated heterocycles. The molecule has 0 radical (unpaired) electrons. The van der Waals surface area contributed by atoms with E-state index in [0.29, 0.717) is 35.7 Å². The molecule has 0 bridgehead atoms. The molecule has 2 aliphatic rings. The van der Waals surface area contributed by atoms with Crippen LogP contribution >= 0.6 is 0 Å². The molecule has 9 nitrogen and oxygen atoms in total. The van der Waals surface area contributed by atoms with E-state index in [1.165, 1.54) is 12.0 Å². The highest BCUT2D eigenvalue weighted by molar-refractivity contribution is 6.04. The summed E-state index contributed by atoms with van der Waals surface area (Å²) in [6.07, 6.45) is 0.365. The standard InChI is InChI=1S/C30H31N3O6/c1-37-24-13-6-11-22(17-24)28(34)32-23-12-5-10-21(16-23)27-26(29(35)31-18-25-14-7-15-38-25)33(30(36)39-27)19-20-8-3-2-4-9-20/h2-6,8-13,16-17,25-27H,7,14-15,18-19H2,1H3,(H,31,35)(H,32,34). The van der Waals surface area contributed by atoms with Crippen molar-refractivity contribution in [3.8, 4) is 5.75 Å². The van der Waals surface area contributed by atoms with Gasteiger partial charge in [-0.05, 0) is 54.3 Å². The average molecular weight is 530 g/mol. The predicted octanol–water partition coefficient (Wildman–Crippen LogP) is 4.30. The number of hydrogen-bond acceptors (Lipinski definition) is 6. The fourth-order valence-corrected chi connectivity index (χ4v) is 4.88. The van der Waals surface area contributed by atoms with Gasteiger partial charge in [-0.2, -0.15) is 0 Å². The number of carbonyl (C=O) groups is 3. The number of cyclic esters (lactones) is 1. The number of benzene rings is 3. The molecule has 5 rings (SSSR count). The van der Waals surface area contributed by atoms with Gasteiger partial charge in [-0.15, -0.1) is 0 Å². The van der Waals surface area contributed by atoms with Crippen molar-refractivity contribution in [2.45, 2.75) is 37.6 Å². The number of nitrogens with zero attached hydrogens (tertiary/aromatic N) is 1. The second-order valence-corrected chi connectivity index (χ2v) is 9.55. The third-order valence-corrected chi connectivity index (χ3v) is 6.88. The second kappa shape index (κ2) is 12.0. The van der Waals surface area contributed by atoms with Crippen molar-refractivity contribution in [2.24, 2.45) is 0 Å². The first-order valence-corrected chi connectivity index (χ1v) is 13.0. The largest absolute Gasteiger partial charge is 0.497 e. The lowest BCUT2D eigenvalue weighted by molar-refractivity contribution is -0.126. The van der Waals surface area contributed by atoms with Crippen molar-refractivity contribution < 1.29 is 28.6 Å². The van der Waals surface area contributed by atoms with Crippen molar-refractivity contribution in [3.05, 3.63) is 95.6 Å². The zero-order valence-corrected chi connectivity index (χ0v) is 21.7. The van der Waals surface area contributed by atoms with Gasteiger partial charge < -0.3 is 24.8 Å². The number of amides is 3. The average Bonchev–Trinajstić information content (AvgIpc) is 3.60. The molecule has 202 valence electrons. The molecule has 0 spiro atoms. The van der Waals surface area contributed by atoms with E-state index in [4.69, 9.17) is 14.2 Å². The van der Waals surface area contributed by atoms with Gasteiger partial charge in [0.05, 0.1) is 19.8 Å². The summed E-state index contributed by atoms with van der Waals surface area (Å²) in [6, 6.07) is 22.4. The van der Waals surface area contributed by atoms with Crippen LogP contribution in [0.3, 0.4) is 0 Å². The van der Waals surface area contributed by atoms with E-state index in [0.717, 1.165) is 18.4 Å². The minimum Gasteiger partial charge on any atom is -0.497 e. The number of hydrogen-bond donors (Lipinski definition) is 2. The Morgan fingerprint density at radius 3 is 2.62 bits per heavy atom. The Morgan fingerprint density at radius 2 is 1.85 bits per heavy atom. The van der Waals surface area contributed by atoms with Crippen LogP contribution in [0.4, 0.5) is 10.5 Å². The molecule has 0 aromatic heterocycles. The van der Waals surface area contributed by atoms with Crippen LogP contribution in [0, 0.1) is 0 Å². The Hall–Kier alpha value is -4.37. The van der Waals surface area contributed by atoms with E-state index in [-0.39, 0.29) is 24.5 Å². The van der Waals surface area contributed by atoms with Gasteiger partial charge in [0.2, 0.25) is 5.91 Å². The molecular formula is C30H31N3O6. The van der Waals surface area contributed by atoms with Crippen LogP contribution < -0.4 is 15.4 Å². The smallest absolute Gasteiger partial charge is 0.411 e. The Balaban J connectivity index is 1.37. The monoisotopic (exact) mass is 529 g/mol. The quantitative estimate of drug-likeness (QED) is 0.428. The molecule has 3 amide bonds. The summed E-state index contributed by atoms with van der Waals surface area (Å²) < 4.78 is 16.6. The van der Waals surface area contributed by atoms with Crippen LogP contribution in [0.2, 0.25) is 0 Å². The second-order valence-electron chi connectivity index (χ2n) is 9.55. The van der Waals surface area contributed by atoms with Gasteiger partial charge >= 0.3 is 6.09 Å². The zero-order chi connectivity index (χ0) is 27.2. The van der Waals surface area contributed by atoms with Crippen molar-refractivity contribution >= 4 is 23.6 Å². The summed E-state index contributed by atoms with van der Waals surface area (Å²) in [5.41, 5.74) is 2.43. The van der Waals surface area contributed by atoms with Crippen LogP contribution in [0.5, 0.6) is 5.75 Å². The predicted molar refractivity (Wildman–Crippen MR) is 144 cm³/mol. The molecule has 3 unspecified atom stereocenters. The molecule has 3 aromatic rings. The lowest BCUT2D eigenvalue weighted by Crippen LogP contribution is -2.47. The molecular weight excluding hydrogens is 498 g/mol. The lowest BCUT2D eigenvalue weighted by atomic mass is 10.00. The van der Waals surface area contributed by atoms with E-state index in [9.17, 15) is 14.4 Å². The first-order valence-electron chi connectivity index (χ1n) is 13.0. The van der Waals surface area contributed by atoms with Crippen molar-refractivity contribution in [3.63, 3.8) is 0 Å². The number of carbonyl (C=O) groups excluding carboxylic acids is 3. The van der Waals surface area contributed by atoms with E-state index in [1.807, 2.05) is 30.3 Å². The number of nitrogens with one attached hydrogen (secondary N) is 2. The fourth-order valence-electron chi connectivity index (χ4n) is 4.88. The molecule has 39 heavy (non-hydrogen) atoms. The summed E-state index contributed by atoms with van der Waals surface area (Å²) in [5, 5.41) is 5.84. The SMILES string of the molecule is COc1cccc(C(=O)Nc2cccc(C3OC(=O)N(Cc4ccccc4)C3C(=O)NCC3CCCO3)c2)c1. The minimum atomic E-state index is -0.900. The van der Waals surface area contributed by atoms with E-state index < -0.39 is 18.2 Å². The highest BCUT2D eigenvalue weighted by Crippen LogP contribution is 2.35. The summed E-state index contributed by atoms with van der Waals surface area (Å²) in [4.78, 5) is 40.9. The molecule has 3 aromatic carbocycles. The van der Waals surface area contributed by atoms with Gasteiger partial charge in [0, 0.05) is 24.4 Å². The first-order chi connectivity index (χ1) is 19.0. The third kappa shape index (κ3) is 6.21. The van der Waals surface area contributed by atoms with Crippen molar-refractivity contribution in [1.29, 1.82) is 0 Å². The van der Waals surface area contributed by atoms with Gasteiger partial charge in [-0.1, -0.05) is 48.5 Å². The molecule has 0 aliphatic carbocycles. The maximum atomic E-state index is 13.5. The maximum absolute atomic E-state index is 13.5. The first kappa shape index (κ1) is 26.2. The van der Waals surface area contributed by atoms with E-state index in [1.54, 1.807) is 48.5 Å². The third-order valence-electron chi connectivity index (χ3n) is 6.88. The van der Waals surface area contributed by atoms with Crippen LogP contribution in [-0.4, -0.2) is 55.2 Å².